The van der Waals surface area contributed by atoms with Crippen molar-refractivity contribution in [3.05, 3.63) is 59.8 Å². The van der Waals surface area contributed by atoms with Gasteiger partial charge in [-0.25, -0.2) is 4.68 Å². The molecule has 1 heterocycles. The fraction of sp³-hybridized carbons (Fsp3) is 0.238. The number of rotatable bonds is 7. The van der Waals surface area contributed by atoms with Crippen molar-refractivity contribution in [1.82, 2.24) is 15.0 Å². The highest BCUT2D eigenvalue weighted by Crippen LogP contribution is 2.26. The van der Waals surface area contributed by atoms with Crippen LogP contribution in [0.3, 0.4) is 0 Å². The summed E-state index contributed by atoms with van der Waals surface area (Å²) in [5.41, 5.74) is 3.59. The summed E-state index contributed by atoms with van der Waals surface area (Å²) in [6.07, 6.45) is 1.80. The minimum absolute atomic E-state index is 0.0920. The molecule has 0 unspecified atom stereocenters. The predicted molar refractivity (Wildman–Crippen MR) is 110 cm³/mol. The van der Waals surface area contributed by atoms with Gasteiger partial charge >= 0.3 is 0 Å². The van der Waals surface area contributed by atoms with Crippen LogP contribution >= 0.6 is 0 Å². The molecule has 0 radical (unpaired) electrons. The van der Waals surface area contributed by atoms with E-state index in [2.05, 4.69) is 10.3 Å². The first-order valence-electron chi connectivity index (χ1n) is 9.22. The molecule has 3 rings (SSSR count). The minimum atomic E-state index is 0.0920. The lowest BCUT2D eigenvalue weighted by Crippen LogP contribution is -2.06. The Hall–Kier alpha value is -3.68. The van der Waals surface area contributed by atoms with Crippen molar-refractivity contribution in [1.29, 1.82) is 10.8 Å². The summed E-state index contributed by atoms with van der Waals surface area (Å²) in [6.45, 7) is 4.57. The Labute approximate surface area is 169 Å². The molecule has 0 aliphatic rings. The van der Waals surface area contributed by atoms with Crippen LogP contribution in [-0.2, 0) is 9.47 Å². The highest BCUT2D eigenvalue weighted by Gasteiger charge is 2.13. The van der Waals surface area contributed by atoms with Crippen molar-refractivity contribution < 1.29 is 14.2 Å². The lowest BCUT2D eigenvalue weighted by molar-refractivity contribution is 0.325. The molecular weight excluding hydrogens is 370 g/mol. The van der Waals surface area contributed by atoms with E-state index < -0.39 is 0 Å². The number of nitrogens with one attached hydrogen (secondary N) is 2. The van der Waals surface area contributed by atoms with Crippen LogP contribution < -0.4 is 4.74 Å². The number of hydrogen-bond acceptors (Lipinski definition) is 7. The van der Waals surface area contributed by atoms with Crippen molar-refractivity contribution in [3.63, 3.8) is 0 Å². The Bertz CT molecular complexity index is 1010. The smallest absolute Gasteiger partial charge is 0.213 e. The zero-order chi connectivity index (χ0) is 20.8. The normalized spacial score (nSPS) is 10.4. The standard InChI is InChI=1S/C21H23N5O3/c1-4-28-20(22)15-8-6-14(7-9-15)17-13-26(25-24-17)18-11-10-16(12-19(18)27-3)21(23)29-5-2/h6-13,22-23H,4-5H2,1-3H3. The molecule has 29 heavy (non-hydrogen) atoms. The van der Waals surface area contributed by atoms with Crippen molar-refractivity contribution in [2.75, 3.05) is 20.3 Å². The van der Waals surface area contributed by atoms with Crippen LogP contribution in [0.5, 0.6) is 5.75 Å². The SMILES string of the molecule is CCOC(=N)c1ccc(-c2cn(-c3ccc(C(=N)OCC)cc3OC)nn2)cc1. The van der Waals surface area contributed by atoms with Crippen LogP contribution in [0.15, 0.2) is 48.7 Å². The summed E-state index contributed by atoms with van der Waals surface area (Å²) >= 11 is 0. The van der Waals surface area contributed by atoms with Crippen molar-refractivity contribution >= 4 is 11.8 Å². The van der Waals surface area contributed by atoms with Gasteiger partial charge in [-0.2, -0.15) is 0 Å². The van der Waals surface area contributed by atoms with Gasteiger partial charge in [0.2, 0.25) is 11.8 Å². The highest BCUT2D eigenvalue weighted by atomic mass is 16.5. The molecule has 0 atom stereocenters. The third-order valence-corrected chi connectivity index (χ3v) is 4.20. The van der Waals surface area contributed by atoms with E-state index in [4.69, 9.17) is 25.0 Å². The van der Waals surface area contributed by atoms with Crippen LogP contribution in [-0.4, -0.2) is 47.1 Å². The maximum Gasteiger partial charge on any atom is 0.213 e. The summed E-state index contributed by atoms with van der Waals surface area (Å²) in [7, 11) is 1.57. The Morgan fingerprint density at radius 3 is 2.17 bits per heavy atom. The largest absolute Gasteiger partial charge is 0.494 e. The van der Waals surface area contributed by atoms with Gasteiger partial charge in [-0.05, 0) is 44.2 Å². The van der Waals surface area contributed by atoms with Crippen molar-refractivity contribution in [2.24, 2.45) is 0 Å². The van der Waals surface area contributed by atoms with Gasteiger partial charge in [0, 0.05) is 16.7 Å². The van der Waals surface area contributed by atoms with Crippen LogP contribution in [0.1, 0.15) is 25.0 Å². The zero-order valence-corrected chi connectivity index (χ0v) is 16.6. The molecule has 0 bridgehead atoms. The number of aromatic nitrogens is 3. The van der Waals surface area contributed by atoms with Gasteiger partial charge in [-0.15, -0.1) is 5.10 Å². The number of nitrogens with zero attached hydrogens (tertiary/aromatic N) is 3. The number of hydrogen-bond donors (Lipinski definition) is 2. The Morgan fingerprint density at radius 1 is 0.931 bits per heavy atom. The summed E-state index contributed by atoms with van der Waals surface area (Å²) in [4.78, 5) is 0. The molecule has 8 nitrogen and oxygen atoms in total. The lowest BCUT2D eigenvalue weighted by Gasteiger charge is -2.11. The lowest BCUT2D eigenvalue weighted by atomic mass is 10.1. The first-order chi connectivity index (χ1) is 14.1. The molecule has 0 saturated heterocycles. The van der Waals surface area contributed by atoms with E-state index in [1.165, 1.54) is 0 Å². The molecule has 8 heteroatoms. The number of ether oxygens (including phenoxy) is 3. The van der Waals surface area contributed by atoms with Crippen molar-refractivity contribution in [3.8, 4) is 22.7 Å². The quantitative estimate of drug-likeness (QED) is 0.471. The van der Waals surface area contributed by atoms with Crippen LogP contribution in [0.4, 0.5) is 0 Å². The van der Waals surface area contributed by atoms with Gasteiger partial charge in [0.25, 0.3) is 0 Å². The van der Waals surface area contributed by atoms with Gasteiger partial charge in [-0.3, -0.25) is 10.8 Å². The summed E-state index contributed by atoms with van der Waals surface area (Å²) in [6, 6.07) is 12.7. The molecule has 0 saturated carbocycles. The Balaban J connectivity index is 1.86. The Morgan fingerprint density at radius 2 is 1.55 bits per heavy atom. The second-order valence-electron chi connectivity index (χ2n) is 6.04. The third kappa shape index (κ3) is 4.43. The maximum atomic E-state index is 7.93. The van der Waals surface area contributed by atoms with E-state index in [-0.39, 0.29) is 11.8 Å². The number of methoxy groups -OCH3 is 1. The average molecular weight is 393 g/mol. The van der Waals surface area contributed by atoms with Crippen molar-refractivity contribution in [2.45, 2.75) is 13.8 Å². The number of benzene rings is 2. The molecule has 2 aromatic carbocycles. The van der Waals surface area contributed by atoms with Gasteiger partial charge in [0.1, 0.15) is 17.1 Å². The average Bonchev–Trinajstić information content (AvgIpc) is 3.23. The molecule has 0 aliphatic heterocycles. The van der Waals surface area contributed by atoms with Crippen LogP contribution in [0, 0.1) is 10.8 Å². The van der Waals surface area contributed by atoms with E-state index in [1.54, 1.807) is 30.1 Å². The van der Waals surface area contributed by atoms with Gasteiger partial charge in [-0.1, -0.05) is 17.3 Å². The molecular formula is C21H23N5O3. The molecule has 3 aromatic rings. The molecule has 0 amide bonds. The van der Waals surface area contributed by atoms with Gasteiger partial charge < -0.3 is 14.2 Å². The fourth-order valence-corrected chi connectivity index (χ4v) is 2.77. The Kier molecular flexibility index (Phi) is 6.23. The molecule has 0 fully saturated rings. The molecule has 150 valence electrons. The van der Waals surface area contributed by atoms with Crippen LogP contribution in [0.2, 0.25) is 0 Å². The first kappa shape index (κ1) is 20.1. The van der Waals surface area contributed by atoms with E-state index in [0.29, 0.717) is 41.5 Å². The van der Waals surface area contributed by atoms with Crippen LogP contribution in [0.25, 0.3) is 16.9 Å². The molecule has 1 aromatic heterocycles. The predicted octanol–water partition coefficient (Wildman–Crippen LogP) is 3.67. The first-order valence-corrected chi connectivity index (χ1v) is 9.22. The summed E-state index contributed by atoms with van der Waals surface area (Å²) in [5.74, 6) is 0.795. The van der Waals surface area contributed by atoms with Gasteiger partial charge in [0.15, 0.2) is 0 Å². The molecule has 2 N–H and O–H groups in total. The van der Waals surface area contributed by atoms with E-state index in [0.717, 1.165) is 5.56 Å². The second kappa shape index (κ2) is 9.01. The minimum Gasteiger partial charge on any atom is -0.494 e. The molecule has 0 spiro atoms. The summed E-state index contributed by atoms with van der Waals surface area (Å²) < 4.78 is 17.6. The van der Waals surface area contributed by atoms with Gasteiger partial charge in [0.05, 0.1) is 26.5 Å². The highest BCUT2D eigenvalue weighted by molar-refractivity contribution is 5.93. The monoisotopic (exact) mass is 393 g/mol. The topological polar surface area (TPSA) is 106 Å². The second-order valence-corrected chi connectivity index (χ2v) is 6.04. The summed E-state index contributed by atoms with van der Waals surface area (Å²) in [5, 5.41) is 24.2. The van der Waals surface area contributed by atoms with E-state index in [9.17, 15) is 0 Å². The van der Waals surface area contributed by atoms with E-state index >= 15 is 0 Å². The third-order valence-electron chi connectivity index (χ3n) is 4.20. The zero-order valence-electron chi connectivity index (χ0n) is 16.6. The maximum absolute atomic E-state index is 7.93. The molecule has 0 aliphatic carbocycles. The fourth-order valence-electron chi connectivity index (χ4n) is 2.77. The van der Waals surface area contributed by atoms with E-state index in [1.807, 2.05) is 44.2 Å².